The summed E-state index contributed by atoms with van der Waals surface area (Å²) in [5, 5.41) is 12.8. The molecule has 21 heavy (non-hydrogen) atoms. The van der Waals surface area contributed by atoms with E-state index in [2.05, 4.69) is 10.3 Å². The molecule has 0 aliphatic heterocycles. The van der Waals surface area contributed by atoms with E-state index in [1.165, 1.54) is 0 Å². The second-order valence-corrected chi connectivity index (χ2v) is 5.14. The van der Waals surface area contributed by atoms with Gasteiger partial charge in [0.2, 0.25) is 0 Å². The summed E-state index contributed by atoms with van der Waals surface area (Å²) >= 11 is 1.10. The van der Waals surface area contributed by atoms with Gasteiger partial charge in [0.15, 0.2) is 5.13 Å². The fraction of sp³-hybridized carbons (Fsp3) is 0.286. The minimum absolute atomic E-state index is 0.252. The van der Waals surface area contributed by atoms with Gasteiger partial charge in [-0.05, 0) is 18.6 Å². The molecule has 6 nitrogen and oxygen atoms in total. The number of rotatable bonds is 6. The van der Waals surface area contributed by atoms with E-state index >= 15 is 0 Å². The molecule has 2 rings (SSSR count). The van der Waals surface area contributed by atoms with Gasteiger partial charge in [0.05, 0.1) is 25.6 Å². The van der Waals surface area contributed by atoms with Crippen LogP contribution >= 0.6 is 11.3 Å². The van der Waals surface area contributed by atoms with Crippen LogP contribution in [0.15, 0.2) is 18.2 Å². The number of anilines is 2. The van der Waals surface area contributed by atoms with Crippen LogP contribution in [-0.4, -0.2) is 30.3 Å². The summed E-state index contributed by atoms with van der Waals surface area (Å²) in [5.74, 6) is 0.333. The molecule has 1 heterocycles. The van der Waals surface area contributed by atoms with E-state index in [-0.39, 0.29) is 4.88 Å². The molecule has 2 aromatic rings. The third-order valence-corrected chi connectivity index (χ3v) is 3.88. The summed E-state index contributed by atoms with van der Waals surface area (Å²) in [7, 11) is 3.14. The van der Waals surface area contributed by atoms with Crippen molar-refractivity contribution in [2.45, 2.75) is 13.3 Å². The van der Waals surface area contributed by atoms with Crippen LogP contribution in [0.25, 0.3) is 0 Å². The summed E-state index contributed by atoms with van der Waals surface area (Å²) in [4.78, 5) is 15.7. The second-order valence-electron chi connectivity index (χ2n) is 4.14. The number of aryl methyl sites for hydroxylation is 1. The van der Waals surface area contributed by atoms with Crippen molar-refractivity contribution in [1.29, 1.82) is 0 Å². The van der Waals surface area contributed by atoms with Gasteiger partial charge in [-0.15, -0.1) is 0 Å². The molecule has 0 spiro atoms. The highest BCUT2D eigenvalue weighted by Gasteiger charge is 2.17. The Hall–Kier alpha value is -2.28. The van der Waals surface area contributed by atoms with Crippen LogP contribution in [0, 0.1) is 0 Å². The van der Waals surface area contributed by atoms with Gasteiger partial charge in [-0.2, -0.15) is 0 Å². The highest BCUT2D eigenvalue weighted by molar-refractivity contribution is 7.17. The molecule has 0 amide bonds. The van der Waals surface area contributed by atoms with Gasteiger partial charge in [0.25, 0.3) is 0 Å². The van der Waals surface area contributed by atoms with E-state index < -0.39 is 5.97 Å². The zero-order valence-corrected chi connectivity index (χ0v) is 12.8. The molecule has 1 aromatic heterocycles. The van der Waals surface area contributed by atoms with Crippen molar-refractivity contribution in [2.24, 2.45) is 0 Å². The van der Waals surface area contributed by atoms with Crippen LogP contribution in [0.3, 0.4) is 0 Å². The highest BCUT2D eigenvalue weighted by atomic mass is 32.1. The molecular weight excluding hydrogens is 292 g/mol. The number of ether oxygens (including phenoxy) is 2. The van der Waals surface area contributed by atoms with Gasteiger partial charge in [0, 0.05) is 6.07 Å². The lowest BCUT2D eigenvalue weighted by Gasteiger charge is -2.10. The molecule has 0 atom stereocenters. The van der Waals surface area contributed by atoms with E-state index in [9.17, 15) is 4.79 Å². The summed E-state index contributed by atoms with van der Waals surface area (Å²) in [6.45, 7) is 1.87. The van der Waals surface area contributed by atoms with E-state index in [0.717, 1.165) is 11.3 Å². The standard InChI is InChI=1S/C14H16N2O4S/c1-4-9-12(13(17)18)21-14(15-9)16-10-7-8(19-2)5-6-11(10)20-3/h5-7H,4H2,1-3H3,(H,15,16)(H,17,18). The zero-order valence-electron chi connectivity index (χ0n) is 12.0. The second kappa shape index (κ2) is 6.45. The molecule has 0 fully saturated rings. The molecule has 0 saturated carbocycles. The third-order valence-electron chi connectivity index (χ3n) is 2.87. The number of thiazole rings is 1. The van der Waals surface area contributed by atoms with E-state index in [1.54, 1.807) is 32.4 Å². The van der Waals surface area contributed by atoms with Gasteiger partial charge in [0.1, 0.15) is 16.4 Å². The monoisotopic (exact) mass is 308 g/mol. The molecule has 0 aliphatic carbocycles. The molecule has 0 saturated heterocycles. The fourth-order valence-electron chi connectivity index (χ4n) is 1.84. The number of aromatic nitrogens is 1. The Morgan fingerprint density at radius 3 is 2.67 bits per heavy atom. The van der Waals surface area contributed by atoms with Gasteiger partial charge < -0.3 is 19.9 Å². The van der Waals surface area contributed by atoms with E-state index in [0.29, 0.717) is 34.4 Å². The quantitative estimate of drug-likeness (QED) is 0.853. The predicted molar refractivity (Wildman–Crippen MR) is 81.3 cm³/mol. The summed E-state index contributed by atoms with van der Waals surface area (Å²) in [5.41, 5.74) is 1.24. The van der Waals surface area contributed by atoms with Crippen LogP contribution in [-0.2, 0) is 6.42 Å². The molecule has 0 unspecified atom stereocenters. The summed E-state index contributed by atoms with van der Waals surface area (Å²) < 4.78 is 10.4. The molecule has 112 valence electrons. The number of methoxy groups -OCH3 is 2. The lowest BCUT2D eigenvalue weighted by molar-refractivity contribution is 0.0701. The zero-order chi connectivity index (χ0) is 15.4. The first-order chi connectivity index (χ1) is 10.1. The number of hydrogen-bond donors (Lipinski definition) is 2. The number of carboxylic acids is 1. The molecule has 1 aromatic carbocycles. The normalized spacial score (nSPS) is 10.2. The van der Waals surface area contributed by atoms with Crippen molar-refractivity contribution in [3.63, 3.8) is 0 Å². The number of carbonyl (C=O) groups is 1. The number of aromatic carboxylic acids is 1. The SMILES string of the molecule is CCc1nc(Nc2cc(OC)ccc2OC)sc1C(=O)O. The lowest BCUT2D eigenvalue weighted by Crippen LogP contribution is -1.97. The van der Waals surface area contributed by atoms with Crippen molar-refractivity contribution in [1.82, 2.24) is 4.98 Å². The van der Waals surface area contributed by atoms with Gasteiger partial charge in [-0.3, -0.25) is 0 Å². The van der Waals surface area contributed by atoms with Crippen molar-refractivity contribution >= 4 is 28.1 Å². The average molecular weight is 308 g/mol. The lowest BCUT2D eigenvalue weighted by atomic mass is 10.2. The smallest absolute Gasteiger partial charge is 0.347 e. The van der Waals surface area contributed by atoms with Crippen LogP contribution < -0.4 is 14.8 Å². The van der Waals surface area contributed by atoms with Crippen molar-refractivity contribution < 1.29 is 19.4 Å². The molecule has 2 N–H and O–H groups in total. The highest BCUT2D eigenvalue weighted by Crippen LogP contribution is 2.33. The Morgan fingerprint density at radius 2 is 2.14 bits per heavy atom. The molecular formula is C14H16N2O4S. The van der Waals surface area contributed by atoms with Crippen LogP contribution in [0.2, 0.25) is 0 Å². The summed E-state index contributed by atoms with van der Waals surface area (Å²) in [6.07, 6.45) is 0.565. The molecule has 0 radical (unpaired) electrons. The van der Waals surface area contributed by atoms with Gasteiger partial charge in [-0.25, -0.2) is 9.78 Å². The van der Waals surface area contributed by atoms with Crippen LogP contribution in [0.1, 0.15) is 22.3 Å². The number of nitrogens with zero attached hydrogens (tertiary/aromatic N) is 1. The van der Waals surface area contributed by atoms with E-state index in [1.807, 2.05) is 6.92 Å². The largest absolute Gasteiger partial charge is 0.497 e. The number of benzene rings is 1. The minimum Gasteiger partial charge on any atom is -0.497 e. The van der Waals surface area contributed by atoms with Crippen LogP contribution in [0.4, 0.5) is 10.8 Å². The Balaban J connectivity index is 2.35. The molecule has 0 aliphatic rings. The molecule has 0 bridgehead atoms. The Morgan fingerprint density at radius 1 is 1.38 bits per heavy atom. The number of hydrogen-bond acceptors (Lipinski definition) is 6. The minimum atomic E-state index is -0.963. The first-order valence-electron chi connectivity index (χ1n) is 6.31. The maximum atomic E-state index is 11.2. The van der Waals surface area contributed by atoms with E-state index in [4.69, 9.17) is 14.6 Å². The number of carboxylic acid groups (broad SMARTS) is 1. The first kappa shape index (κ1) is 15.1. The Bertz CT molecular complexity index is 654. The maximum absolute atomic E-state index is 11.2. The van der Waals surface area contributed by atoms with Gasteiger partial charge >= 0.3 is 5.97 Å². The predicted octanol–water partition coefficient (Wildman–Crippen LogP) is 3.16. The maximum Gasteiger partial charge on any atom is 0.347 e. The van der Waals surface area contributed by atoms with Crippen molar-refractivity contribution in [3.05, 3.63) is 28.8 Å². The third kappa shape index (κ3) is 3.25. The average Bonchev–Trinajstić information content (AvgIpc) is 2.90. The van der Waals surface area contributed by atoms with Gasteiger partial charge in [-0.1, -0.05) is 18.3 Å². The Kier molecular flexibility index (Phi) is 4.64. The number of nitrogens with one attached hydrogen (secondary N) is 1. The first-order valence-corrected chi connectivity index (χ1v) is 7.12. The topological polar surface area (TPSA) is 80.7 Å². The Labute approximate surface area is 126 Å². The van der Waals surface area contributed by atoms with Crippen LogP contribution in [0.5, 0.6) is 11.5 Å². The van der Waals surface area contributed by atoms with Crippen molar-refractivity contribution in [3.8, 4) is 11.5 Å². The summed E-state index contributed by atoms with van der Waals surface area (Å²) in [6, 6.07) is 5.33. The molecule has 7 heteroatoms. The fourth-order valence-corrected chi connectivity index (χ4v) is 2.74. The van der Waals surface area contributed by atoms with Crippen molar-refractivity contribution in [2.75, 3.05) is 19.5 Å².